The van der Waals surface area contributed by atoms with Crippen molar-refractivity contribution in [3.05, 3.63) is 29.3 Å². The van der Waals surface area contributed by atoms with Gasteiger partial charge in [-0.3, -0.25) is 29.0 Å². The highest BCUT2D eigenvalue weighted by Crippen LogP contribution is 2.32. The van der Waals surface area contributed by atoms with E-state index in [9.17, 15) is 19.2 Å². The number of piperazine rings is 1. The lowest BCUT2D eigenvalue weighted by atomic mass is 9.92. The number of fused-ring (bicyclic) bond motifs is 1. The maximum atomic E-state index is 13.1. The zero-order valence-corrected chi connectivity index (χ0v) is 17.6. The second-order valence-corrected chi connectivity index (χ2v) is 8.95. The summed E-state index contributed by atoms with van der Waals surface area (Å²) >= 11 is 0. The summed E-state index contributed by atoms with van der Waals surface area (Å²) in [5, 5.41) is 3.41. The fourth-order valence-corrected chi connectivity index (χ4v) is 5.38. The van der Waals surface area contributed by atoms with E-state index in [1.165, 1.54) is 12.8 Å². The molecule has 1 saturated carbocycles. The summed E-state index contributed by atoms with van der Waals surface area (Å²) in [6.45, 7) is 5.92. The molecule has 0 aromatic heterocycles. The van der Waals surface area contributed by atoms with Crippen LogP contribution in [0.25, 0.3) is 0 Å². The van der Waals surface area contributed by atoms with Gasteiger partial charge in [0.05, 0.1) is 23.6 Å². The minimum absolute atomic E-state index is 0.122. The van der Waals surface area contributed by atoms with Crippen molar-refractivity contribution in [2.75, 3.05) is 44.2 Å². The molecular weight excluding hydrogens is 396 g/mol. The Kier molecular flexibility index (Phi) is 5.35. The highest BCUT2D eigenvalue weighted by atomic mass is 16.2. The first-order valence-electron chi connectivity index (χ1n) is 11.3. The van der Waals surface area contributed by atoms with Crippen molar-refractivity contribution in [3.8, 4) is 0 Å². The lowest BCUT2D eigenvalue weighted by Crippen LogP contribution is -2.52. The third-order valence-electron chi connectivity index (χ3n) is 7.16. The van der Waals surface area contributed by atoms with E-state index in [0.717, 1.165) is 49.9 Å². The lowest BCUT2D eigenvalue weighted by molar-refractivity contribution is -0.132. The number of piperidine rings is 1. The third-order valence-corrected chi connectivity index (χ3v) is 7.16. The van der Waals surface area contributed by atoms with Crippen LogP contribution >= 0.6 is 0 Å². The molecule has 1 aliphatic carbocycles. The van der Waals surface area contributed by atoms with E-state index >= 15 is 0 Å². The maximum absolute atomic E-state index is 13.1. The van der Waals surface area contributed by atoms with Gasteiger partial charge in [-0.15, -0.1) is 0 Å². The number of anilines is 1. The van der Waals surface area contributed by atoms with Crippen LogP contribution in [-0.4, -0.2) is 84.5 Å². The number of rotatable bonds is 3. The third kappa shape index (κ3) is 3.68. The summed E-state index contributed by atoms with van der Waals surface area (Å²) in [7, 11) is 0. The Hall–Kier alpha value is -2.58. The minimum Gasteiger partial charge on any atom is -0.369 e. The Morgan fingerprint density at radius 2 is 1.55 bits per heavy atom. The smallest absolute Gasteiger partial charge is 0.262 e. The van der Waals surface area contributed by atoms with Crippen molar-refractivity contribution in [3.63, 3.8) is 0 Å². The molecule has 1 unspecified atom stereocenters. The Morgan fingerprint density at radius 1 is 0.839 bits per heavy atom. The first-order chi connectivity index (χ1) is 15.0. The number of nitrogens with zero attached hydrogens (tertiary/aromatic N) is 3. The van der Waals surface area contributed by atoms with Crippen LogP contribution in [0.15, 0.2) is 18.2 Å². The zero-order chi connectivity index (χ0) is 21.5. The van der Waals surface area contributed by atoms with Gasteiger partial charge >= 0.3 is 0 Å². The van der Waals surface area contributed by atoms with Crippen molar-refractivity contribution in [1.82, 2.24) is 15.1 Å². The number of ketones is 2. The Bertz CT molecular complexity index is 932. The van der Waals surface area contributed by atoms with Crippen molar-refractivity contribution in [2.24, 2.45) is 0 Å². The summed E-state index contributed by atoms with van der Waals surface area (Å²) in [4.78, 5) is 55.7. The van der Waals surface area contributed by atoms with Crippen LogP contribution in [0, 0.1) is 0 Å². The average Bonchev–Trinajstić information content (AvgIpc) is 3.04. The highest BCUT2D eigenvalue weighted by molar-refractivity contribution is 6.24. The molecule has 1 aromatic rings. The van der Waals surface area contributed by atoms with Gasteiger partial charge in [-0.25, -0.2) is 0 Å². The second kappa shape index (κ2) is 8.16. The lowest BCUT2D eigenvalue weighted by Gasteiger charge is -2.41. The summed E-state index contributed by atoms with van der Waals surface area (Å²) < 4.78 is 0. The number of amides is 2. The Morgan fingerprint density at radius 3 is 2.26 bits per heavy atom. The first kappa shape index (κ1) is 20.3. The number of hydrogen-bond acceptors (Lipinski definition) is 7. The van der Waals surface area contributed by atoms with Gasteiger partial charge in [0.15, 0.2) is 5.78 Å². The molecule has 0 radical (unpaired) electrons. The van der Waals surface area contributed by atoms with Crippen LogP contribution in [0.4, 0.5) is 5.69 Å². The molecule has 1 N–H and O–H groups in total. The normalized spacial score (nSPS) is 26.0. The van der Waals surface area contributed by atoms with Crippen LogP contribution in [0.3, 0.4) is 0 Å². The molecule has 8 heteroatoms. The number of Topliss-reactive ketones (excluding diaryl/α,β-unsaturated/α-hetero) is 2. The van der Waals surface area contributed by atoms with Crippen LogP contribution in [0.5, 0.6) is 0 Å². The van der Waals surface area contributed by atoms with Gasteiger partial charge in [0.25, 0.3) is 11.8 Å². The Labute approximate surface area is 181 Å². The standard InChI is InChI=1S/C23H28N4O4/c28-17-2-4-20(21(29)14-17)27-22(30)18-3-1-16(13-19(18)23(27)31)26-11-9-25(10-12-26)15-5-7-24-8-6-15/h1,3,13,15,20,24H,2,4-12,14H2. The van der Waals surface area contributed by atoms with Crippen LogP contribution in [-0.2, 0) is 9.59 Å². The molecule has 1 aromatic carbocycles. The van der Waals surface area contributed by atoms with E-state index < -0.39 is 17.9 Å². The van der Waals surface area contributed by atoms with Crippen LogP contribution in [0.2, 0.25) is 0 Å². The monoisotopic (exact) mass is 424 g/mol. The SMILES string of the molecule is O=C1CCC(N2C(=O)c3ccc(N4CCN(C5CCNCC5)CC4)cc3C2=O)C(=O)C1. The van der Waals surface area contributed by atoms with E-state index in [4.69, 9.17) is 0 Å². The largest absolute Gasteiger partial charge is 0.369 e. The molecule has 0 bridgehead atoms. The van der Waals surface area contributed by atoms with Crippen molar-refractivity contribution < 1.29 is 19.2 Å². The van der Waals surface area contributed by atoms with E-state index in [1.54, 1.807) is 12.1 Å². The molecule has 31 heavy (non-hydrogen) atoms. The highest BCUT2D eigenvalue weighted by Gasteiger charge is 2.44. The second-order valence-electron chi connectivity index (χ2n) is 8.95. The molecule has 3 fully saturated rings. The fourth-order valence-electron chi connectivity index (χ4n) is 5.38. The molecule has 3 aliphatic heterocycles. The molecule has 2 saturated heterocycles. The first-order valence-corrected chi connectivity index (χ1v) is 11.3. The molecule has 0 spiro atoms. The molecule has 164 valence electrons. The average molecular weight is 425 g/mol. The number of benzene rings is 1. The molecule has 3 heterocycles. The van der Waals surface area contributed by atoms with E-state index in [2.05, 4.69) is 15.1 Å². The molecule has 5 rings (SSSR count). The molecule has 1 atom stereocenters. The van der Waals surface area contributed by atoms with Crippen molar-refractivity contribution in [1.29, 1.82) is 0 Å². The van der Waals surface area contributed by atoms with Gasteiger partial charge in [-0.2, -0.15) is 0 Å². The summed E-state index contributed by atoms with van der Waals surface area (Å²) in [5.74, 6) is -1.29. The van der Waals surface area contributed by atoms with Crippen LogP contribution < -0.4 is 10.2 Å². The number of carbonyl (C=O) groups is 4. The molecule has 2 amide bonds. The van der Waals surface area contributed by atoms with Gasteiger partial charge in [-0.1, -0.05) is 0 Å². The van der Waals surface area contributed by atoms with Gasteiger partial charge in [0.1, 0.15) is 5.78 Å². The molecule has 8 nitrogen and oxygen atoms in total. The van der Waals surface area contributed by atoms with E-state index in [1.807, 2.05) is 6.07 Å². The summed E-state index contributed by atoms with van der Waals surface area (Å²) in [6, 6.07) is 5.24. The number of nitrogens with one attached hydrogen (secondary N) is 1. The summed E-state index contributed by atoms with van der Waals surface area (Å²) in [5.41, 5.74) is 1.66. The van der Waals surface area contributed by atoms with Gasteiger partial charge < -0.3 is 10.2 Å². The zero-order valence-electron chi connectivity index (χ0n) is 17.6. The number of carbonyl (C=O) groups excluding carboxylic acids is 4. The van der Waals surface area contributed by atoms with E-state index in [-0.39, 0.29) is 30.8 Å². The van der Waals surface area contributed by atoms with Crippen molar-refractivity contribution in [2.45, 2.75) is 44.2 Å². The predicted molar refractivity (Wildman–Crippen MR) is 114 cm³/mol. The van der Waals surface area contributed by atoms with E-state index in [0.29, 0.717) is 17.2 Å². The number of imide groups is 1. The summed E-state index contributed by atoms with van der Waals surface area (Å²) in [6.07, 6.45) is 2.66. The van der Waals surface area contributed by atoms with Gasteiger partial charge in [0, 0.05) is 44.3 Å². The fraction of sp³-hybridized carbons (Fsp3) is 0.565. The topological polar surface area (TPSA) is 90.0 Å². The maximum Gasteiger partial charge on any atom is 0.262 e. The quantitative estimate of drug-likeness (QED) is 0.568. The molecular formula is C23H28N4O4. The van der Waals surface area contributed by atoms with Gasteiger partial charge in [-0.05, 0) is 50.6 Å². The predicted octanol–water partition coefficient (Wildman–Crippen LogP) is 0.847. The van der Waals surface area contributed by atoms with Crippen molar-refractivity contribution >= 4 is 29.1 Å². The molecule has 4 aliphatic rings. The Balaban J connectivity index is 1.29. The van der Waals surface area contributed by atoms with Gasteiger partial charge in [0.2, 0.25) is 0 Å². The number of hydrogen-bond donors (Lipinski definition) is 1. The minimum atomic E-state index is -0.818. The van der Waals surface area contributed by atoms with Crippen LogP contribution in [0.1, 0.15) is 52.8 Å².